The number of nitrogens with zero attached hydrogens (tertiary/aromatic N) is 3. The van der Waals surface area contributed by atoms with Gasteiger partial charge in [0, 0.05) is 11.5 Å². The summed E-state index contributed by atoms with van der Waals surface area (Å²) in [6, 6.07) is 16.7. The molecule has 2 N–H and O–H groups in total. The molecule has 4 aromatic rings. The van der Waals surface area contributed by atoms with Crippen LogP contribution >= 0.6 is 0 Å². The predicted molar refractivity (Wildman–Crippen MR) is 120 cm³/mol. The van der Waals surface area contributed by atoms with Crippen molar-refractivity contribution < 1.29 is 0 Å². The molecule has 2 aromatic heterocycles. The Morgan fingerprint density at radius 1 is 1.13 bits per heavy atom. The predicted octanol–water partition coefficient (Wildman–Crippen LogP) is 3.58. The first-order chi connectivity index (χ1) is 15.1. The number of hydrogen-bond donors (Lipinski definition) is 2. The molecule has 0 bridgehead atoms. The second kappa shape index (κ2) is 7.83. The third-order valence-corrected chi connectivity index (χ3v) is 5.96. The topological polar surface area (TPSA) is 92.7 Å². The summed E-state index contributed by atoms with van der Waals surface area (Å²) >= 11 is 0. The van der Waals surface area contributed by atoms with E-state index in [2.05, 4.69) is 38.6 Å². The lowest BCUT2D eigenvalue weighted by Gasteiger charge is -2.26. The van der Waals surface area contributed by atoms with Gasteiger partial charge >= 0.3 is 0 Å². The van der Waals surface area contributed by atoms with Crippen LogP contribution in [0, 0.1) is 0 Å². The molecule has 0 saturated carbocycles. The zero-order chi connectivity index (χ0) is 21.4. The van der Waals surface area contributed by atoms with Crippen LogP contribution < -0.4 is 16.4 Å². The minimum absolute atomic E-state index is 0.0835. The molecule has 2 aromatic carbocycles. The molecule has 0 saturated heterocycles. The molecule has 2 atom stereocenters. The first-order valence-electron chi connectivity index (χ1n) is 10.5. The molecule has 0 amide bonds. The number of aryl methyl sites for hydroxylation is 1. The Balaban J connectivity index is 1.49. The van der Waals surface area contributed by atoms with E-state index in [-0.39, 0.29) is 17.2 Å². The molecule has 1 aliphatic carbocycles. The van der Waals surface area contributed by atoms with Crippen LogP contribution in [0.2, 0.25) is 0 Å². The Hall–Kier alpha value is -3.74. The average Bonchev–Trinajstić information content (AvgIpc) is 2.79. The average molecular weight is 413 g/mol. The fourth-order valence-electron chi connectivity index (χ4n) is 4.33. The second-order valence-electron chi connectivity index (χ2n) is 7.96. The monoisotopic (exact) mass is 413 g/mol. The molecule has 156 valence electrons. The molecule has 0 aliphatic heterocycles. The lowest BCUT2D eigenvalue weighted by atomic mass is 9.88. The number of aromatic amines is 1. The molecule has 0 spiro atoms. The van der Waals surface area contributed by atoms with Gasteiger partial charge in [0.25, 0.3) is 11.1 Å². The van der Waals surface area contributed by atoms with Gasteiger partial charge in [-0.3, -0.25) is 14.6 Å². The first-order valence-corrected chi connectivity index (χ1v) is 10.5. The van der Waals surface area contributed by atoms with Crippen molar-refractivity contribution in [2.75, 3.05) is 5.32 Å². The summed E-state index contributed by atoms with van der Waals surface area (Å²) < 4.78 is 1.38. The highest BCUT2D eigenvalue weighted by atomic mass is 16.1. The quantitative estimate of drug-likeness (QED) is 0.533. The molecule has 5 rings (SSSR count). The van der Waals surface area contributed by atoms with Crippen molar-refractivity contribution in [3.63, 3.8) is 0 Å². The summed E-state index contributed by atoms with van der Waals surface area (Å²) in [5, 5.41) is 9.09. The number of benzene rings is 2. The van der Waals surface area contributed by atoms with Gasteiger partial charge in [-0.2, -0.15) is 5.10 Å². The van der Waals surface area contributed by atoms with Gasteiger partial charge in [0.1, 0.15) is 0 Å². The highest BCUT2D eigenvalue weighted by Gasteiger charge is 2.21. The highest BCUT2D eigenvalue weighted by molar-refractivity contribution is 5.80. The van der Waals surface area contributed by atoms with E-state index in [4.69, 9.17) is 0 Å². The smallest absolute Gasteiger partial charge is 0.275 e. The van der Waals surface area contributed by atoms with Gasteiger partial charge in [-0.15, -0.1) is 0 Å². The van der Waals surface area contributed by atoms with Gasteiger partial charge in [0.15, 0.2) is 0 Å². The molecule has 0 unspecified atom stereocenters. The third-order valence-electron chi connectivity index (χ3n) is 5.96. The summed E-state index contributed by atoms with van der Waals surface area (Å²) in [6.07, 6.45) is 4.77. The maximum atomic E-state index is 12.9. The van der Waals surface area contributed by atoms with Crippen LogP contribution in [-0.2, 0) is 6.42 Å². The van der Waals surface area contributed by atoms with Crippen molar-refractivity contribution in [3.8, 4) is 0 Å². The Morgan fingerprint density at radius 2 is 1.94 bits per heavy atom. The van der Waals surface area contributed by atoms with Crippen LogP contribution in [0.15, 0.2) is 70.4 Å². The van der Waals surface area contributed by atoms with Crippen molar-refractivity contribution >= 4 is 16.7 Å². The molecule has 2 heterocycles. The van der Waals surface area contributed by atoms with Crippen molar-refractivity contribution in [2.24, 2.45) is 0 Å². The van der Waals surface area contributed by atoms with E-state index >= 15 is 0 Å². The Bertz CT molecular complexity index is 1370. The number of nitrogens with one attached hydrogen (secondary N) is 2. The van der Waals surface area contributed by atoms with Crippen LogP contribution in [0.1, 0.15) is 48.7 Å². The zero-order valence-corrected chi connectivity index (χ0v) is 17.2. The van der Waals surface area contributed by atoms with Crippen molar-refractivity contribution in [1.82, 2.24) is 19.7 Å². The Morgan fingerprint density at radius 3 is 2.84 bits per heavy atom. The third kappa shape index (κ3) is 3.63. The number of fused-ring (bicyclic) bond motifs is 2. The maximum absolute atomic E-state index is 12.9. The summed E-state index contributed by atoms with van der Waals surface area (Å²) in [6.45, 7) is 1.82. The van der Waals surface area contributed by atoms with Crippen LogP contribution in [0.3, 0.4) is 0 Å². The van der Waals surface area contributed by atoms with Crippen molar-refractivity contribution in [1.29, 1.82) is 0 Å². The molecule has 0 fully saturated rings. The van der Waals surface area contributed by atoms with Gasteiger partial charge < -0.3 is 5.32 Å². The standard InChI is InChI=1S/C24H23N5O2/c1-15(29-23(31)19-11-5-3-8-17(19)14-25-29)21-13-22(30)28-24(27-21)26-20-12-6-9-16-7-2-4-10-18(16)20/h2-5,7-8,10-11,13-15,20H,6,9,12H2,1H3,(H2,26,27,28,30)/t15-,20-/m0/s1. The Labute approximate surface area is 178 Å². The zero-order valence-electron chi connectivity index (χ0n) is 17.2. The molecule has 31 heavy (non-hydrogen) atoms. The van der Waals surface area contributed by atoms with Crippen molar-refractivity contribution in [2.45, 2.75) is 38.3 Å². The van der Waals surface area contributed by atoms with Gasteiger partial charge in [-0.25, -0.2) is 9.67 Å². The van der Waals surface area contributed by atoms with Gasteiger partial charge in [0.05, 0.1) is 29.4 Å². The minimum Gasteiger partial charge on any atom is -0.349 e. The lowest BCUT2D eigenvalue weighted by molar-refractivity contribution is 0.523. The van der Waals surface area contributed by atoms with E-state index in [9.17, 15) is 9.59 Å². The van der Waals surface area contributed by atoms with Crippen LogP contribution in [0.5, 0.6) is 0 Å². The number of aromatic nitrogens is 4. The van der Waals surface area contributed by atoms with E-state index in [1.165, 1.54) is 21.9 Å². The highest BCUT2D eigenvalue weighted by Crippen LogP contribution is 2.31. The number of hydrogen-bond acceptors (Lipinski definition) is 5. The van der Waals surface area contributed by atoms with E-state index in [0.29, 0.717) is 17.0 Å². The number of anilines is 1. The maximum Gasteiger partial charge on any atom is 0.275 e. The van der Waals surface area contributed by atoms with E-state index in [1.54, 1.807) is 12.3 Å². The lowest BCUT2D eigenvalue weighted by Crippen LogP contribution is -2.28. The minimum atomic E-state index is -0.487. The van der Waals surface area contributed by atoms with Crippen LogP contribution in [0.25, 0.3) is 10.8 Å². The molecule has 7 heteroatoms. The fraction of sp³-hybridized carbons (Fsp3) is 0.250. The molecular weight excluding hydrogens is 390 g/mol. The normalized spacial score (nSPS) is 16.6. The second-order valence-corrected chi connectivity index (χ2v) is 7.96. The van der Waals surface area contributed by atoms with Crippen LogP contribution in [-0.4, -0.2) is 19.7 Å². The van der Waals surface area contributed by atoms with Crippen LogP contribution in [0.4, 0.5) is 5.95 Å². The molecule has 0 radical (unpaired) electrons. The summed E-state index contributed by atoms with van der Waals surface area (Å²) in [5.74, 6) is 0.407. The van der Waals surface area contributed by atoms with Gasteiger partial charge in [-0.05, 0) is 43.4 Å². The number of rotatable bonds is 4. The molecular formula is C24H23N5O2. The molecule has 7 nitrogen and oxygen atoms in total. The largest absolute Gasteiger partial charge is 0.349 e. The SMILES string of the molecule is C[C@@H](c1cc(=O)[nH]c(N[C@H]2CCCc3ccccc32)n1)n1ncc2ccccc2c1=O. The molecule has 1 aliphatic rings. The summed E-state index contributed by atoms with van der Waals surface area (Å²) in [5.41, 5.74) is 2.58. The van der Waals surface area contributed by atoms with E-state index in [0.717, 1.165) is 24.6 Å². The van der Waals surface area contributed by atoms with Gasteiger partial charge in [-0.1, -0.05) is 42.5 Å². The van der Waals surface area contributed by atoms with E-state index in [1.807, 2.05) is 31.2 Å². The number of H-pyrrole nitrogens is 1. The van der Waals surface area contributed by atoms with Crippen molar-refractivity contribution in [3.05, 3.63) is 98.3 Å². The van der Waals surface area contributed by atoms with Gasteiger partial charge in [0.2, 0.25) is 5.95 Å². The van der Waals surface area contributed by atoms with E-state index < -0.39 is 6.04 Å². The summed E-state index contributed by atoms with van der Waals surface area (Å²) in [7, 11) is 0. The summed E-state index contributed by atoms with van der Waals surface area (Å²) in [4.78, 5) is 32.7. The first kappa shape index (κ1) is 19.2. The Kier molecular flexibility index (Phi) is 4.86. The fourth-order valence-corrected chi connectivity index (χ4v) is 4.33.